The molecule has 1 amide bonds. The molecule has 1 aliphatic carbocycles. The van der Waals surface area contributed by atoms with Crippen LogP contribution in [0.1, 0.15) is 43.1 Å². The molecule has 2 atom stereocenters. The van der Waals surface area contributed by atoms with Crippen molar-refractivity contribution in [3.8, 4) is 0 Å². The molecule has 1 aliphatic rings. The first-order valence-corrected chi connectivity index (χ1v) is 7.39. The Labute approximate surface area is 126 Å². The van der Waals surface area contributed by atoms with Crippen LogP contribution in [0, 0.1) is 12.3 Å². The number of hydrogen-bond donors (Lipinski definition) is 3. The number of aryl methyl sites for hydroxylation is 1. The molecule has 2 unspecified atom stereocenters. The molecule has 5 nitrogen and oxygen atoms in total. The van der Waals surface area contributed by atoms with Gasteiger partial charge in [0.15, 0.2) is 0 Å². The van der Waals surface area contributed by atoms with Crippen LogP contribution in [-0.4, -0.2) is 24.7 Å². The third-order valence-corrected chi connectivity index (χ3v) is 4.43. The predicted octanol–water partition coefficient (Wildman–Crippen LogP) is 2.21. The number of carbonyl (C=O) groups excluding carboxylic acids is 1. The van der Waals surface area contributed by atoms with E-state index in [1.54, 1.807) is 6.07 Å². The zero-order chi connectivity index (χ0) is 15.6. The van der Waals surface area contributed by atoms with E-state index in [9.17, 15) is 4.79 Å². The predicted molar refractivity (Wildman–Crippen MR) is 84.1 cm³/mol. The minimum atomic E-state index is -0.101. The Bertz CT molecular complexity index is 528. The molecule has 0 aliphatic heterocycles. The molecule has 0 saturated heterocycles. The number of amides is 1. The van der Waals surface area contributed by atoms with Gasteiger partial charge in [0.2, 0.25) is 0 Å². The van der Waals surface area contributed by atoms with Crippen LogP contribution in [0.5, 0.6) is 0 Å². The fourth-order valence-corrected chi connectivity index (χ4v) is 2.83. The maximum atomic E-state index is 12.4. The fraction of sp³-hybridized carbons (Fsp3) is 0.562. The lowest BCUT2D eigenvalue weighted by molar-refractivity contribution is -0.111. The van der Waals surface area contributed by atoms with Crippen LogP contribution in [0.3, 0.4) is 0 Å². The number of benzene rings is 1. The van der Waals surface area contributed by atoms with Crippen molar-refractivity contribution >= 4 is 11.6 Å². The molecule has 1 fully saturated rings. The molecule has 0 spiro atoms. The Balaban J connectivity index is 2.06. The van der Waals surface area contributed by atoms with Crippen LogP contribution in [-0.2, 0) is 4.74 Å². The van der Waals surface area contributed by atoms with Gasteiger partial charge in [-0.2, -0.15) is 0 Å². The molecule has 1 aromatic rings. The lowest BCUT2D eigenvalue weighted by atomic mass is 9.64. The van der Waals surface area contributed by atoms with Gasteiger partial charge in [-0.25, -0.2) is 0 Å². The van der Waals surface area contributed by atoms with Crippen LogP contribution < -0.4 is 16.6 Å². The maximum Gasteiger partial charge on any atom is 0.253 e. The quantitative estimate of drug-likeness (QED) is 0.574. The molecule has 5 heteroatoms. The van der Waals surface area contributed by atoms with Gasteiger partial charge in [-0.15, -0.1) is 0 Å². The summed E-state index contributed by atoms with van der Waals surface area (Å²) in [5.41, 5.74) is 4.81. The number of carbonyl (C=O) groups is 1. The number of anilines is 1. The largest absolute Gasteiger partial charge is 0.378 e. The zero-order valence-corrected chi connectivity index (χ0v) is 13.2. The van der Waals surface area contributed by atoms with Crippen molar-refractivity contribution in [3.05, 3.63) is 29.3 Å². The first-order valence-electron chi connectivity index (χ1n) is 7.39. The van der Waals surface area contributed by atoms with E-state index in [4.69, 9.17) is 10.6 Å². The lowest BCUT2D eigenvalue weighted by Gasteiger charge is -2.51. The smallest absolute Gasteiger partial charge is 0.253 e. The lowest BCUT2D eigenvalue weighted by Crippen LogP contribution is -2.62. The van der Waals surface area contributed by atoms with Gasteiger partial charge >= 0.3 is 0 Å². The van der Waals surface area contributed by atoms with Crippen molar-refractivity contribution in [1.29, 1.82) is 0 Å². The molecule has 21 heavy (non-hydrogen) atoms. The third-order valence-electron chi connectivity index (χ3n) is 4.43. The number of hydrazine groups is 1. The van der Waals surface area contributed by atoms with Crippen LogP contribution in [0.15, 0.2) is 18.2 Å². The molecular weight excluding hydrogens is 266 g/mol. The van der Waals surface area contributed by atoms with Crippen molar-refractivity contribution < 1.29 is 9.53 Å². The van der Waals surface area contributed by atoms with Gasteiger partial charge in [0.25, 0.3) is 5.91 Å². The summed E-state index contributed by atoms with van der Waals surface area (Å²) in [4.78, 5) is 12.4. The minimum Gasteiger partial charge on any atom is -0.378 e. The highest BCUT2D eigenvalue weighted by Gasteiger charge is 2.49. The van der Waals surface area contributed by atoms with E-state index in [2.05, 4.69) is 24.6 Å². The van der Waals surface area contributed by atoms with Gasteiger partial charge < -0.3 is 15.5 Å². The van der Waals surface area contributed by atoms with E-state index in [0.29, 0.717) is 17.9 Å². The van der Waals surface area contributed by atoms with E-state index in [1.807, 2.05) is 26.0 Å². The Morgan fingerprint density at radius 3 is 2.76 bits per heavy atom. The SMILES string of the molecule is CCOC1CC(NC(=O)c2ccc(C)cc2NN)C1(C)C. The second kappa shape index (κ2) is 6.03. The van der Waals surface area contributed by atoms with Gasteiger partial charge in [-0.05, 0) is 38.0 Å². The monoisotopic (exact) mass is 291 g/mol. The Morgan fingerprint density at radius 1 is 1.48 bits per heavy atom. The summed E-state index contributed by atoms with van der Waals surface area (Å²) in [6.07, 6.45) is 1.06. The number of rotatable bonds is 5. The fourth-order valence-electron chi connectivity index (χ4n) is 2.83. The first-order chi connectivity index (χ1) is 9.90. The normalized spacial score (nSPS) is 23.3. The van der Waals surface area contributed by atoms with E-state index in [-0.39, 0.29) is 23.5 Å². The number of ether oxygens (including phenoxy) is 1. The van der Waals surface area contributed by atoms with E-state index < -0.39 is 0 Å². The number of nitrogen functional groups attached to an aromatic ring is 1. The van der Waals surface area contributed by atoms with Gasteiger partial charge in [0.1, 0.15) is 0 Å². The average Bonchev–Trinajstić information content (AvgIpc) is 2.45. The Kier molecular flexibility index (Phi) is 4.54. The summed E-state index contributed by atoms with van der Waals surface area (Å²) >= 11 is 0. The number of nitrogens with two attached hydrogens (primary N) is 1. The van der Waals surface area contributed by atoms with Gasteiger partial charge in [-0.3, -0.25) is 10.6 Å². The molecule has 0 aromatic heterocycles. The van der Waals surface area contributed by atoms with Crippen LogP contribution in [0.25, 0.3) is 0 Å². The standard InChI is InChI=1S/C16H25N3O2/c1-5-21-14-9-13(16(14,3)4)18-15(20)11-7-6-10(2)8-12(11)19-17/h6-8,13-14,19H,5,9,17H2,1-4H3,(H,18,20). The first kappa shape index (κ1) is 15.8. The second-order valence-corrected chi connectivity index (χ2v) is 6.22. The number of hydrogen-bond acceptors (Lipinski definition) is 4. The molecule has 0 bridgehead atoms. The van der Waals surface area contributed by atoms with E-state index >= 15 is 0 Å². The third kappa shape index (κ3) is 3.04. The highest BCUT2D eigenvalue weighted by atomic mass is 16.5. The molecule has 116 valence electrons. The molecular formula is C16H25N3O2. The molecule has 4 N–H and O–H groups in total. The zero-order valence-electron chi connectivity index (χ0n) is 13.2. The highest BCUT2D eigenvalue weighted by Crippen LogP contribution is 2.42. The number of nitrogens with one attached hydrogen (secondary N) is 2. The summed E-state index contributed by atoms with van der Waals surface area (Å²) in [7, 11) is 0. The Morgan fingerprint density at radius 2 is 2.19 bits per heavy atom. The van der Waals surface area contributed by atoms with Crippen molar-refractivity contribution in [2.75, 3.05) is 12.0 Å². The summed E-state index contributed by atoms with van der Waals surface area (Å²) in [6.45, 7) is 8.91. The van der Waals surface area contributed by atoms with Crippen LogP contribution in [0.2, 0.25) is 0 Å². The van der Waals surface area contributed by atoms with Gasteiger partial charge in [-0.1, -0.05) is 19.9 Å². The van der Waals surface area contributed by atoms with Crippen molar-refractivity contribution in [2.24, 2.45) is 11.3 Å². The van der Waals surface area contributed by atoms with E-state index in [1.165, 1.54) is 0 Å². The molecule has 2 rings (SSSR count). The molecule has 1 saturated carbocycles. The molecule has 0 radical (unpaired) electrons. The van der Waals surface area contributed by atoms with Crippen LogP contribution >= 0.6 is 0 Å². The second-order valence-electron chi connectivity index (χ2n) is 6.22. The topological polar surface area (TPSA) is 76.4 Å². The van der Waals surface area contributed by atoms with Gasteiger partial charge in [0, 0.05) is 18.1 Å². The summed E-state index contributed by atoms with van der Waals surface area (Å²) in [5, 5.41) is 3.09. The summed E-state index contributed by atoms with van der Waals surface area (Å²) in [6, 6.07) is 5.69. The summed E-state index contributed by atoms with van der Waals surface area (Å²) in [5.74, 6) is 5.40. The van der Waals surface area contributed by atoms with Crippen molar-refractivity contribution in [2.45, 2.75) is 46.3 Å². The highest BCUT2D eigenvalue weighted by molar-refractivity contribution is 5.99. The van der Waals surface area contributed by atoms with Gasteiger partial charge in [0.05, 0.1) is 17.4 Å². The summed E-state index contributed by atoms with van der Waals surface area (Å²) < 4.78 is 5.69. The average molecular weight is 291 g/mol. The molecule has 0 heterocycles. The molecule has 1 aromatic carbocycles. The van der Waals surface area contributed by atoms with Crippen molar-refractivity contribution in [3.63, 3.8) is 0 Å². The van der Waals surface area contributed by atoms with Crippen LogP contribution in [0.4, 0.5) is 5.69 Å². The minimum absolute atomic E-state index is 0.0489. The Hall–Kier alpha value is -1.59. The maximum absolute atomic E-state index is 12.4. The van der Waals surface area contributed by atoms with E-state index in [0.717, 1.165) is 12.0 Å². The van der Waals surface area contributed by atoms with Crippen molar-refractivity contribution in [1.82, 2.24) is 5.32 Å².